The number of nitrogens with zero attached hydrogens (tertiary/aromatic N) is 3. The Labute approximate surface area is 170 Å². The Morgan fingerprint density at radius 3 is 2.90 bits per heavy atom. The molecule has 0 aliphatic carbocycles. The van der Waals surface area contributed by atoms with E-state index in [1.54, 1.807) is 18.2 Å². The number of aromatic nitrogens is 3. The number of carbonyl (C=O) groups is 2. The fraction of sp³-hybridized carbons (Fsp3) is 0.474. The number of piperidine rings is 1. The van der Waals surface area contributed by atoms with Crippen LogP contribution in [-0.2, 0) is 16.0 Å². The Morgan fingerprint density at radius 1 is 1.47 bits per heavy atom. The van der Waals surface area contributed by atoms with E-state index in [0.29, 0.717) is 37.3 Å². The smallest absolute Gasteiger partial charge is 0.379 e. The highest BCUT2D eigenvalue weighted by Gasteiger charge is 2.32. The third kappa shape index (κ3) is 4.96. The summed E-state index contributed by atoms with van der Waals surface area (Å²) in [5.74, 6) is -0.966. The number of ether oxygens (including phenoxy) is 1. The topological polar surface area (TPSA) is 100 Å². The molecule has 30 heavy (non-hydrogen) atoms. The minimum Gasteiger partial charge on any atom is -0.379 e. The van der Waals surface area contributed by atoms with Crippen LogP contribution in [0.2, 0.25) is 0 Å². The molecule has 2 atom stereocenters. The average molecular weight is 425 g/mol. The lowest BCUT2D eigenvalue weighted by molar-refractivity contribution is -0.131. The van der Waals surface area contributed by atoms with Gasteiger partial charge < -0.3 is 19.9 Å². The molecule has 1 saturated heterocycles. The number of likely N-dealkylation sites (tertiary alicyclic amines) is 1. The molecule has 2 aromatic heterocycles. The zero-order chi connectivity index (χ0) is 21.9. The molecule has 2 N–H and O–H groups in total. The lowest BCUT2D eigenvalue weighted by Crippen LogP contribution is -2.47. The van der Waals surface area contributed by atoms with Crippen LogP contribution in [0.3, 0.4) is 0 Å². The first-order valence-corrected chi connectivity index (χ1v) is 9.34. The quantitative estimate of drug-likeness (QED) is 0.688. The Bertz CT molecular complexity index is 943. The SMILES string of the molecule is C=CC(=O)N1CC[C@H](Cc2cnc3[nH]cc(C(=O)NCC(F)(F)F)c3n2)[C@H](OC)C1. The van der Waals surface area contributed by atoms with E-state index in [9.17, 15) is 22.8 Å². The van der Waals surface area contributed by atoms with E-state index in [4.69, 9.17) is 4.74 Å². The molecular formula is C19H22F3N5O3. The Morgan fingerprint density at radius 2 is 2.23 bits per heavy atom. The summed E-state index contributed by atoms with van der Waals surface area (Å²) in [5.41, 5.74) is 1.10. The lowest BCUT2D eigenvalue weighted by Gasteiger charge is -2.37. The molecule has 3 heterocycles. The average Bonchev–Trinajstić information content (AvgIpc) is 3.14. The maximum Gasteiger partial charge on any atom is 0.405 e. The molecule has 1 fully saturated rings. The van der Waals surface area contributed by atoms with Gasteiger partial charge in [-0.25, -0.2) is 9.97 Å². The van der Waals surface area contributed by atoms with E-state index in [1.165, 1.54) is 12.3 Å². The summed E-state index contributed by atoms with van der Waals surface area (Å²) in [7, 11) is 1.57. The van der Waals surface area contributed by atoms with Gasteiger partial charge in [0.05, 0.1) is 23.6 Å². The van der Waals surface area contributed by atoms with Crippen LogP contribution in [0, 0.1) is 5.92 Å². The molecule has 0 saturated carbocycles. The molecular weight excluding hydrogens is 403 g/mol. The zero-order valence-corrected chi connectivity index (χ0v) is 16.3. The number of carbonyl (C=O) groups excluding carboxylic acids is 2. The third-order valence-electron chi connectivity index (χ3n) is 5.08. The van der Waals surface area contributed by atoms with Gasteiger partial charge >= 0.3 is 6.18 Å². The van der Waals surface area contributed by atoms with Gasteiger partial charge in [-0.2, -0.15) is 13.2 Å². The van der Waals surface area contributed by atoms with Crippen LogP contribution in [0.1, 0.15) is 22.5 Å². The van der Waals surface area contributed by atoms with E-state index in [-0.39, 0.29) is 29.0 Å². The summed E-state index contributed by atoms with van der Waals surface area (Å²) in [6.07, 6.45) is 0.581. The van der Waals surface area contributed by atoms with Crippen LogP contribution < -0.4 is 5.32 Å². The molecule has 2 amide bonds. The second-order valence-corrected chi connectivity index (χ2v) is 7.07. The molecule has 1 aliphatic heterocycles. The van der Waals surface area contributed by atoms with Crippen molar-refractivity contribution >= 4 is 23.0 Å². The standard InChI is InChI=1S/C19H22F3N5O3/c1-3-15(28)27-5-4-11(14(9-27)30-2)6-12-7-23-17-16(26-12)13(8-24-17)18(29)25-10-19(20,21)22/h3,7-8,11,14H,1,4-6,9-10H2,2H3,(H,23,24)(H,25,29)/t11-,14-/m1/s1. The van der Waals surface area contributed by atoms with Crippen molar-refractivity contribution in [3.05, 3.63) is 36.3 Å². The molecule has 162 valence electrons. The zero-order valence-electron chi connectivity index (χ0n) is 16.3. The monoisotopic (exact) mass is 425 g/mol. The highest BCUT2D eigenvalue weighted by Crippen LogP contribution is 2.25. The van der Waals surface area contributed by atoms with Crippen LogP contribution >= 0.6 is 0 Å². The van der Waals surface area contributed by atoms with Crippen molar-refractivity contribution in [2.75, 3.05) is 26.7 Å². The Hall–Kier alpha value is -2.95. The minimum atomic E-state index is -4.50. The summed E-state index contributed by atoms with van der Waals surface area (Å²) in [5, 5.41) is 1.84. The van der Waals surface area contributed by atoms with Gasteiger partial charge in [0.15, 0.2) is 5.65 Å². The molecule has 3 rings (SSSR count). The molecule has 0 unspecified atom stereocenters. The number of H-pyrrole nitrogens is 1. The summed E-state index contributed by atoms with van der Waals surface area (Å²) < 4.78 is 42.7. The van der Waals surface area contributed by atoms with Crippen molar-refractivity contribution < 1.29 is 27.5 Å². The number of hydrogen-bond donors (Lipinski definition) is 2. The van der Waals surface area contributed by atoms with Gasteiger partial charge in [-0.1, -0.05) is 6.58 Å². The van der Waals surface area contributed by atoms with Gasteiger partial charge in [-0.3, -0.25) is 9.59 Å². The first-order chi connectivity index (χ1) is 14.2. The predicted octanol–water partition coefficient (Wildman–Crippen LogP) is 1.84. The fourth-order valence-electron chi connectivity index (χ4n) is 3.54. The number of amides is 2. The first kappa shape index (κ1) is 21.8. The van der Waals surface area contributed by atoms with Crippen molar-refractivity contribution in [3.63, 3.8) is 0 Å². The van der Waals surface area contributed by atoms with Gasteiger partial charge in [0.2, 0.25) is 5.91 Å². The molecule has 2 aromatic rings. The fourth-order valence-corrected chi connectivity index (χ4v) is 3.54. The number of aromatic amines is 1. The molecule has 0 radical (unpaired) electrons. The lowest BCUT2D eigenvalue weighted by atomic mass is 9.89. The summed E-state index contributed by atoms with van der Waals surface area (Å²) >= 11 is 0. The van der Waals surface area contributed by atoms with Gasteiger partial charge in [0, 0.05) is 26.4 Å². The molecule has 0 spiro atoms. The number of halogens is 3. The number of fused-ring (bicyclic) bond motifs is 1. The number of alkyl halides is 3. The van der Waals surface area contributed by atoms with E-state index >= 15 is 0 Å². The van der Waals surface area contributed by atoms with Gasteiger partial charge in [0.25, 0.3) is 5.91 Å². The van der Waals surface area contributed by atoms with E-state index in [1.807, 2.05) is 5.32 Å². The van der Waals surface area contributed by atoms with E-state index < -0.39 is 18.6 Å². The van der Waals surface area contributed by atoms with E-state index in [2.05, 4.69) is 21.5 Å². The van der Waals surface area contributed by atoms with Gasteiger partial charge in [-0.15, -0.1) is 0 Å². The molecule has 1 aliphatic rings. The predicted molar refractivity (Wildman–Crippen MR) is 102 cm³/mol. The van der Waals surface area contributed by atoms with E-state index in [0.717, 1.165) is 0 Å². The van der Waals surface area contributed by atoms with Crippen molar-refractivity contribution in [2.45, 2.75) is 25.1 Å². The van der Waals surface area contributed by atoms with Crippen LogP contribution in [0.25, 0.3) is 11.2 Å². The Kier molecular flexibility index (Phi) is 6.40. The number of nitrogens with one attached hydrogen (secondary N) is 2. The molecule has 0 bridgehead atoms. The largest absolute Gasteiger partial charge is 0.405 e. The molecule has 8 nitrogen and oxygen atoms in total. The van der Waals surface area contributed by atoms with Crippen molar-refractivity contribution in [2.24, 2.45) is 5.92 Å². The van der Waals surface area contributed by atoms with Crippen molar-refractivity contribution in [1.82, 2.24) is 25.2 Å². The summed E-state index contributed by atoms with van der Waals surface area (Å²) in [6, 6.07) is 0. The van der Waals surface area contributed by atoms with Crippen LogP contribution in [0.15, 0.2) is 25.0 Å². The summed E-state index contributed by atoms with van der Waals surface area (Å²) in [6.45, 7) is 3.05. The van der Waals surface area contributed by atoms with Crippen LogP contribution in [0.5, 0.6) is 0 Å². The van der Waals surface area contributed by atoms with Crippen molar-refractivity contribution in [1.29, 1.82) is 0 Å². The molecule has 11 heteroatoms. The number of methoxy groups -OCH3 is 1. The van der Waals surface area contributed by atoms with Crippen LogP contribution in [0.4, 0.5) is 13.2 Å². The van der Waals surface area contributed by atoms with Crippen LogP contribution in [-0.4, -0.2) is 70.7 Å². The van der Waals surface area contributed by atoms with Crippen molar-refractivity contribution in [3.8, 4) is 0 Å². The normalized spacial score (nSPS) is 19.7. The number of hydrogen-bond acceptors (Lipinski definition) is 5. The second-order valence-electron chi connectivity index (χ2n) is 7.07. The number of rotatable bonds is 6. The third-order valence-corrected chi connectivity index (χ3v) is 5.08. The summed E-state index contributed by atoms with van der Waals surface area (Å²) in [4.78, 5) is 37.1. The highest BCUT2D eigenvalue weighted by atomic mass is 19.4. The minimum absolute atomic E-state index is 0.00158. The molecule has 0 aromatic carbocycles. The van der Waals surface area contributed by atoms with Gasteiger partial charge in [-0.05, 0) is 24.8 Å². The van der Waals surface area contributed by atoms with Gasteiger partial charge in [0.1, 0.15) is 12.1 Å². The Balaban J connectivity index is 1.75. The maximum atomic E-state index is 12.4. The first-order valence-electron chi connectivity index (χ1n) is 9.34. The maximum absolute atomic E-state index is 12.4. The highest BCUT2D eigenvalue weighted by molar-refractivity contribution is 6.04. The second kappa shape index (κ2) is 8.82.